The zero-order valence-electron chi connectivity index (χ0n) is 19.5. The van der Waals surface area contributed by atoms with Gasteiger partial charge in [-0.05, 0) is 76.7 Å². The van der Waals surface area contributed by atoms with Gasteiger partial charge in [0, 0.05) is 13.1 Å². The number of nitrogens with zero attached hydrogens (tertiary/aromatic N) is 3. The molecule has 2 aliphatic rings. The lowest BCUT2D eigenvalue weighted by Crippen LogP contribution is -2.43. The Hall–Kier alpha value is -3.19. The summed E-state index contributed by atoms with van der Waals surface area (Å²) in [6.45, 7) is 5.63. The third kappa shape index (κ3) is 4.50. The second kappa shape index (κ2) is 9.35. The van der Waals surface area contributed by atoms with E-state index in [0.717, 1.165) is 25.9 Å². The SMILES string of the molecule is CC(C)Oc1ccccc1N1C(=O)C(c2ccc(F)cc2)=C(N(C)C2CCN(C)CC2)C1=O. The third-order valence-corrected chi connectivity index (χ3v) is 6.25. The van der Waals surface area contributed by atoms with Gasteiger partial charge in [0.05, 0.1) is 17.4 Å². The fraction of sp³-hybridized carbons (Fsp3) is 0.385. The van der Waals surface area contributed by atoms with Crippen molar-refractivity contribution in [3.8, 4) is 5.75 Å². The minimum atomic E-state index is -0.429. The van der Waals surface area contributed by atoms with Crippen LogP contribution in [0.5, 0.6) is 5.75 Å². The Morgan fingerprint density at radius 2 is 1.64 bits per heavy atom. The first-order valence-corrected chi connectivity index (χ1v) is 11.3. The Labute approximate surface area is 194 Å². The summed E-state index contributed by atoms with van der Waals surface area (Å²) in [5.41, 5.74) is 1.57. The van der Waals surface area contributed by atoms with Crippen molar-refractivity contribution in [1.82, 2.24) is 9.80 Å². The number of piperidine rings is 1. The van der Waals surface area contributed by atoms with Crippen molar-refractivity contribution in [3.05, 3.63) is 65.6 Å². The van der Waals surface area contributed by atoms with E-state index in [4.69, 9.17) is 4.74 Å². The van der Waals surface area contributed by atoms with Gasteiger partial charge in [-0.15, -0.1) is 0 Å². The zero-order chi connectivity index (χ0) is 23.7. The highest BCUT2D eigenvalue weighted by Gasteiger charge is 2.44. The van der Waals surface area contributed by atoms with Crippen LogP contribution in [0.3, 0.4) is 0 Å². The van der Waals surface area contributed by atoms with Crippen LogP contribution in [0.25, 0.3) is 5.57 Å². The normalized spacial score (nSPS) is 17.9. The van der Waals surface area contributed by atoms with Crippen LogP contribution in [-0.2, 0) is 9.59 Å². The van der Waals surface area contributed by atoms with Crippen LogP contribution >= 0.6 is 0 Å². The zero-order valence-corrected chi connectivity index (χ0v) is 19.5. The fourth-order valence-electron chi connectivity index (χ4n) is 4.50. The highest BCUT2D eigenvalue weighted by atomic mass is 19.1. The number of halogens is 1. The summed E-state index contributed by atoms with van der Waals surface area (Å²) in [6, 6.07) is 12.9. The van der Waals surface area contributed by atoms with Gasteiger partial charge in [0.25, 0.3) is 11.8 Å². The van der Waals surface area contributed by atoms with Gasteiger partial charge in [-0.2, -0.15) is 0 Å². The second-order valence-electron chi connectivity index (χ2n) is 8.96. The predicted octanol–water partition coefficient (Wildman–Crippen LogP) is 3.92. The number of likely N-dealkylation sites (N-methyl/N-ethyl adjacent to an activating group) is 1. The van der Waals surface area contributed by atoms with Crippen LogP contribution in [0.15, 0.2) is 54.2 Å². The molecule has 6 nitrogen and oxygen atoms in total. The monoisotopic (exact) mass is 451 g/mol. The molecule has 0 spiro atoms. The van der Waals surface area contributed by atoms with E-state index in [9.17, 15) is 14.0 Å². The van der Waals surface area contributed by atoms with E-state index in [0.29, 0.717) is 28.3 Å². The van der Waals surface area contributed by atoms with E-state index >= 15 is 0 Å². The maximum atomic E-state index is 13.8. The maximum Gasteiger partial charge on any atom is 0.282 e. The molecule has 0 bridgehead atoms. The lowest BCUT2D eigenvalue weighted by molar-refractivity contribution is -0.120. The number of imide groups is 1. The van der Waals surface area contributed by atoms with E-state index in [1.54, 1.807) is 30.3 Å². The van der Waals surface area contributed by atoms with Crippen molar-refractivity contribution in [2.75, 3.05) is 32.1 Å². The molecule has 0 N–H and O–H groups in total. The van der Waals surface area contributed by atoms with Crippen LogP contribution in [-0.4, -0.2) is 60.9 Å². The first-order valence-electron chi connectivity index (χ1n) is 11.3. The van der Waals surface area contributed by atoms with Gasteiger partial charge in [0.2, 0.25) is 0 Å². The highest BCUT2D eigenvalue weighted by Crippen LogP contribution is 2.39. The molecule has 2 aromatic carbocycles. The third-order valence-electron chi connectivity index (χ3n) is 6.25. The average molecular weight is 452 g/mol. The molecule has 0 atom stereocenters. The molecule has 4 rings (SSSR count). The summed E-state index contributed by atoms with van der Waals surface area (Å²) in [7, 11) is 3.96. The molecule has 0 radical (unpaired) electrons. The number of para-hydroxylation sites is 2. The number of carbonyl (C=O) groups excluding carboxylic acids is 2. The van der Waals surface area contributed by atoms with Crippen LogP contribution in [0, 0.1) is 5.82 Å². The van der Waals surface area contributed by atoms with Gasteiger partial charge in [0.1, 0.15) is 17.3 Å². The molecule has 2 heterocycles. The first kappa shape index (κ1) is 23.0. The Balaban J connectivity index is 1.79. The summed E-state index contributed by atoms with van der Waals surface area (Å²) >= 11 is 0. The number of hydrogen-bond acceptors (Lipinski definition) is 5. The number of amides is 2. The molecule has 0 aliphatic carbocycles. The standard InChI is InChI=1S/C26H30FN3O3/c1-17(2)33-22-8-6-5-7-21(22)30-25(31)23(18-9-11-19(27)12-10-18)24(26(30)32)29(4)20-13-15-28(3)16-14-20/h5-12,17,20H,13-16H2,1-4H3. The molecule has 0 saturated carbocycles. The molecular formula is C26H30FN3O3. The summed E-state index contributed by atoms with van der Waals surface area (Å²) in [5, 5.41) is 0. The van der Waals surface area contributed by atoms with Crippen molar-refractivity contribution >= 4 is 23.1 Å². The molecule has 2 aromatic rings. The fourth-order valence-corrected chi connectivity index (χ4v) is 4.50. The van der Waals surface area contributed by atoms with E-state index in [2.05, 4.69) is 11.9 Å². The number of likely N-dealkylation sites (tertiary alicyclic amines) is 1. The predicted molar refractivity (Wildman–Crippen MR) is 126 cm³/mol. The quantitative estimate of drug-likeness (QED) is 0.623. The largest absolute Gasteiger partial charge is 0.489 e. The smallest absolute Gasteiger partial charge is 0.282 e. The molecule has 2 amide bonds. The van der Waals surface area contributed by atoms with E-state index in [-0.39, 0.29) is 18.1 Å². The first-order chi connectivity index (χ1) is 15.8. The van der Waals surface area contributed by atoms with Gasteiger partial charge >= 0.3 is 0 Å². The van der Waals surface area contributed by atoms with Crippen molar-refractivity contribution in [1.29, 1.82) is 0 Å². The Kier molecular flexibility index (Phi) is 6.51. The number of ether oxygens (including phenoxy) is 1. The lowest BCUT2D eigenvalue weighted by atomic mass is 10.00. The Morgan fingerprint density at radius 1 is 1.00 bits per heavy atom. The lowest BCUT2D eigenvalue weighted by Gasteiger charge is -2.36. The van der Waals surface area contributed by atoms with Gasteiger partial charge in [-0.3, -0.25) is 9.59 Å². The second-order valence-corrected chi connectivity index (χ2v) is 8.96. The molecule has 0 aromatic heterocycles. The summed E-state index contributed by atoms with van der Waals surface area (Å²) in [6.07, 6.45) is 1.66. The van der Waals surface area contributed by atoms with Crippen LogP contribution in [0.1, 0.15) is 32.3 Å². The minimum Gasteiger partial charge on any atom is -0.489 e. The van der Waals surface area contributed by atoms with Gasteiger partial charge in [0.15, 0.2) is 0 Å². The van der Waals surface area contributed by atoms with Crippen LogP contribution in [0.4, 0.5) is 10.1 Å². The number of anilines is 1. The number of hydrogen-bond donors (Lipinski definition) is 0. The summed E-state index contributed by atoms with van der Waals surface area (Å²) < 4.78 is 19.5. The van der Waals surface area contributed by atoms with Crippen LogP contribution < -0.4 is 9.64 Å². The molecular weight excluding hydrogens is 421 g/mol. The van der Waals surface area contributed by atoms with E-state index in [1.165, 1.54) is 17.0 Å². The average Bonchev–Trinajstić information content (AvgIpc) is 3.04. The van der Waals surface area contributed by atoms with E-state index in [1.807, 2.05) is 31.9 Å². The van der Waals surface area contributed by atoms with Crippen molar-refractivity contribution in [3.63, 3.8) is 0 Å². The minimum absolute atomic E-state index is 0.121. The number of benzene rings is 2. The molecule has 2 aliphatic heterocycles. The highest BCUT2D eigenvalue weighted by molar-refractivity contribution is 6.45. The van der Waals surface area contributed by atoms with Gasteiger partial charge < -0.3 is 14.5 Å². The molecule has 0 unspecified atom stereocenters. The van der Waals surface area contributed by atoms with Crippen molar-refractivity contribution in [2.45, 2.75) is 38.8 Å². The molecule has 33 heavy (non-hydrogen) atoms. The topological polar surface area (TPSA) is 53.1 Å². The van der Waals surface area contributed by atoms with Crippen molar-refractivity contribution < 1.29 is 18.7 Å². The maximum absolute atomic E-state index is 13.8. The van der Waals surface area contributed by atoms with Crippen LogP contribution in [0.2, 0.25) is 0 Å². The van der Waals surface area contributed by atoms with Crippen molar-refractivity contribution in [2.24, 2.45) is 0 Å². The Morgan fingerprint density at radius 3 is 2.27 bits per heavy atom. The molecule has 1 fully saturated rings. The summed E-state index contributed by atoms with van der Waals surface area (Å²) in [4.78, 5) is 33.0. The summed E-state index contributed by atoms with van der Waals surface area (Å²) in [5.74, 6) is -0.744. The van der Waals surface area contributed by atoms with Gasteiger partial charge in [-0.1, -0.05) is 24.3 Å². The number of rotatable bonds is 6. The Bertz CT molecular complexity index is 1070. The molecule has 7 heteroatoms. The molecule has 1 saturated heterocycles. The molecule has 174 valence electrons. The van der Waals surface area contributed by atoms with Gasteiger partial charge in [-0.25, -0.2) is 9.29 Å². The number of carbonyl (C=O) groups is 2. The van der Waals surface area contributed by atoms with E-state index < -0.39 is 11.7 Å².